The Labute approximate surface area is 158 Å². The number of esters is 1. The van der Waals surface area contributed by atoms with Crippen molar-refractivity contribution in [2.75, 3.05) is 7.11 Å². The Hall–Kier alpha value is -2.81. The Balaban J connectivity index is 2.55. The molecule has 0 aromatic heterocycles. The highest BCUT2D eigenvalue weighted by Gasteiger charge is 2.29. The molecule has 9 heteroatoms. The lowest BCUT2D eigenvalue weighted by atomic mass is 10.1. The summed E-state index contributed by atoms with van der Waals surface area (Å²) in [7, 11) is 1.20. The average Bonchev–Trinajstić information content (AvgIpc) is 2.59. The van der Waals surface area contributed by atoms with Crippen LogP contribution in [0.2, 0.25) is 0 Å². The minimum Gasteiger partial charge on any atom is -0.468 e. The highest BCUT2D eigenvalue weighted by Crippen LogP contribution is 2.06. The predicted octanol–water partition coefficient (Wildman–Crippen LogP) is 1.87. The molecule has 9 nitrogen and oxygen atoms in total. The molecule has 0 radical (unpaired) electrons. The molecule has 2 amide bonds. The number of hydrogen-bond donors (Lipinski definition) is 3. The predicted molar refractivity (Wildman–Crippen MR) is 97.5 cm³/mol. The number of carbonyl (C=O) groups excluding carboxylic acids is 3. The van der Waals surface area contributed by atoms with E-state index in [1.807, 2.05) is 30.3 Å². The number of hydrogen-bond acceptors (Lipinski definition) is 7. The van der Waals surface area contributed by atoms with Crippen LogP contribution in [-0.4, -0.2) is 43.0 Å². The van der Waals surface area contributed by atoms with Crippen molar-refractivity contribution in [3.63, 3.8) is 0 Å². The lowest BCUT2D eigenvalue weighted by Gasteiger charge is -2.25. The molecule has 1 aromatic rings. The molecule has 2 atom stereocenters. The summed E-state index contributed by atoms with van der Waals surface area (Å²) >= 11 is 0. The zero-order chi connectivity index (χ0) is 20.4. The third kappa shape index (κ3) is 8.91. The SMILES string of the molecule is COC(=O)[C@@H](NNC(=O)OC(C)(C)C)[C@@H](C)NC(=O)OCc1ccccc1. The van der Waals surface area contributed by atoms with Gasteiger partial charge >= 0.3 is 18.2 Å². The van der Waals surface area contributed by atoms with Crippen LogP contribution in [0.3, 0.4) is 0 Å². The Bertz CT molecular complexity index is 630. The van der Waals surface area contributed by atoms with Gasteiger partial charge in [-0.25, -0.2) is 15.0 Å². The second kappa shape index (κ2) is 10.4. The largest absolute Gasteiger partial charge is 0.468 e. The highest BCUT2D eigenvalue weighted by atomic mass is 16.6. The molecule has 0 aliphatic rings. The third-order valence-corrected chi connectivity index (χ3v) is 3.24. The van der Waals surface area contributed by atoms with Crippen molar-refractivity contribution in [1.29, 1.82) is 0 Å². The molecule has 27 heavy (non-hydrogen) atoms. The first kappa shape index (κ1) is 22.2. The molecule has 0 saturated heterocycles. The molecule has 0 fully saturated rings. The Morgan fingerprint density at radius 1 is 1.07 bits per heavy atom. The van der Waals surface area contributed by atoms with E-state index in [1.54, 1.807) is 27.7 Å². The second-order valence-electron chi connectivity index (χ2n) is 6.77. The molecule has 0 spiro atoms. The van der Waals surface area contributed by atoms with E-state index in [4.69, 9.17) is 14.2 Å². The van der Waals surface area contributed by atoms with Crippen LogP contribution < -0.4 is 16.2 Å². The van der Waals surface area contributed by atoms with Crippen LogP contribution in [0, 0.1) is 0 Å². The van der Waals surface area contributed by atoms with Gasteiger partial charge in [0.2, 0.25) is 0 Å². The number of methoxy groups -OCH3 is 1. The summed E-state index contributed by atoms with van der Waals surface area (Å²) in [5.41, 5.74) is 4.90. The van der Waals surface area contributed by atoms with Crippen molar-refractivity contribution < 1.29 is 28.6 Å². The number of hydrazine groups is 1. The fourth-order valence-corrected chi connectivity index (χ4v) is 1.99. The van der Waals surface area contributed by atoms with Crippen molar-refractivity contribution >= 4 is 18.2 Å². The first-order chi connectivity index (χ1) is 12.6. The molecule has 0 saturated carbocycles. The molecule has 0 unspecified atom stereocenters. The van der Waals surface area contributed by atoms with Crippen LogP contribution in [0.15, 0.2) is 30.3 Å². The van der Waals surface area contributed by atoms with Crippen LogP contribution in [0.4, 0.5) is 9.59 Å². The molecule has 0 heterocycles. The van der Waals surface area contributed by atoms with Crippen LogP contribution in [0.5, 0.6) is 0 Å². The molecule has 0 aliphatic carbocycles. The zero-order valence-corrected chi connectivity index (χ0v) is 16.2. The van der Waals surface area contributed by atoms with Crippen molar-refractivity contribution in [3.05, 3.63) is 35.9 Å². The van der Waals surface area contributed by atoms with Crippen LogP contribution in [0.25, 0.3) is 0 Å². The summed E-state index contributed by atoms with van der Waals surface area (Å²) < 4.78 is 14.9. The van der Waals surface area contributed by atoms with E-state index in [2.05, 4.69) is 16.2 Å². The van der Waals surface area contributed by atoms with Crippen molar-refractivity contribution in [3.8, 4) is 0 Å². The number of carbonyl (C=O) groups is 3. The van der Waals surface area contributed by atoms with Gasteiger partial charge in [-0.15, -0.1) is 0 Å². The minimum absolute atomic E-state index is 0.0892. The van der Waals surface area contributed by atoms with E-state index in [9.17, 15) is 14.4 Å². The summed E-state index contributed by atoms with van der Waals surface area (Å²) in [4.78, 5) is 35.6. The number of nitrogens with one attached hydrogen (secondary N) is 3. The summed E-state index contributed by atoms with van der Waals surface area (Å²) in [6.07, 6.45) is -1.48. The maximum Gasteiger partial charge on any atom is 0.422 e. The van der Waals surface area contributed by atoms with E-state index >= 15 is 0 Å². The molecule has 1 rings (SSSR count). The number of benzene rings is 1. The van der Waals surface area contributed by atoms with Gasteiger partial charge in [-0.3, -0.25) is 10.2 Å². The minimum atomic E-state index is -1.05. The quantitative estimate of drug-likeness (QED) is 0.375. The van der Waals surface area contributed by atoms with E-state index in [1.165, 1.54) is 7.11 Å². The molecule has 1 aromatic carbocycles. The van der Waals surface area contributed by atoms with E-state index in [-0.39, 0.29) is 6.61 Å². The molecule has 0 aliphatic heterocycles. The van der Waals surface area contributed by atoms with E-state index in [0.29, 0.717) is 0 Å². The monoisotopic (exact) mass is 381 g/mol. The fourth-order valence-electron chi connectivity index (χ4n) is 1.99. The summed E-state index contributed by atoms with van der Waals surface area (Å²) in [6.45, 7) is 6.77. The van der Waals surface area contributed by atoms with Crippen molar-refractivity contribution in [2.45, 2.75) is 52.0 Å². The van der Waals surface area contributed by atoms with Crippen LogP contribution >= 0.6 is 0 Å². The second-order valence-corrected chi connectivity index (χ2v) is 6.77. The maximum atomic E-state index is 11.9. The van der Waals surface area contributed by atoms with Gasteiger partial charge in [0, 0.05) is 0 Å². The van der Waals surface area contributed by atoms with Gasteiger partial charge in [0.05, 0.1) is 13.2 Å². The Kier molecular flexibility index (Phi) is 8.53. The Morgan fingerprint density at radius 3 is 2.26 bits per heavy atom. The molecule has 3 N–H and O–H groups in total. The van der Waals surface area contributed by atoms with Gasteiger partial charge in [-0.2, -0.15) is 0 Å². The first-order valence-electron chi connectivity index (χ1n) is 8.42. The molecule has 0 bridgehead atoms. The van der Waals surface area contributed by atoms with Gasteiger partial charge in [-0.1, -0.05) is 30.3 Å². The van der Waals surface area contributed by atoms with Gasteiger partial charge in [0.1, 0.15) is 18.2 Å². The van der Waals surface area contributed by atoms with E-state index in [0.717, 1.165) is 5.56 Å². The lowest BCUT2D eigenvalue weighted by Crippen LogP contribution is -2.58. The molecular weight excluding hydrogens is 354 g/mol. The lowest BCUT2D eigenvalue weighted by molar-refractivity contribution is -0.144. The van der Waals surface area contributed by atoms with Crippen molar-refractivity contribution in [1.82, 2.24) is 16.2 Å². The number of amides is 2. The van der Waals surface area contributed by atoms with Gasteiger partial charge in [-0.05, 0) is 33.3 Å². The molecular formula is C18H27N3O6. The average molecular weight is 381 g/mol. The fraction of sp³-hybridized carbons (Fsp3) is 0.500. The van der Waals surface area contributed by atoms with Gasteiger partial charge < -0.3 is 19.5 Å². The van der Waals surface area contributed by atoms with Gasteiger partial charge in [0.25, 0.3) is 0 Å². The highest BCUT2D eigenvalue weighted by molar-refractivity contribution is 5.78. The zero-order valence-electron chi connectivity index (χ0n) is 16.2. The summed E-state index contributed by atoms with van der Waals surface area (Å²) in [6, 6.07) is 7.37. The molecule has 150 valence electrons. The normalized spacial score (nSPS) is 13.1. The number of alkyl carbamates (subject to hydrolysis) is 1. The van der Waals surface area contributed by atoms with Crippen LogP contribution in [-0.2, 0) is 25.6 Å². The van der Waals surface area contributed by atoms with Crippen LogP contribution in [0.1, 0.15) is 33.3 Å². The third-order valence-electron chi connectivity index (χ3n) is 3.24. The van der Waals surface area contributed by atoms with Gasteiger partial charge in [0.15, 0.2) is 0 Å². The number of rotatable bonds is 7. The first-order valence-corrected chi connectivity index (χ1v) is 8.42. The topological polar surface area (TPSA) is 115 Å². The van der Waals surface area contributed by atoms with Crippen molar-refractivity contribution in [2.24, 2.45) is 0 Å². The standard InChI is InChI=1S/C18H27N3O6/c1-12(19-16(23)26-11-13-9-7-6-8-10-13)14(15(22)25-5)20-21-17(24)27-18(2,3)4/h6-10,12,14,20H,11H2,1-5H3,(H,19,23)(H,21,24)/t12-,14+/m1/s1. The Morgan fingerprint density at radius 2 is 1.70 bits per heavy atom. The summed E-state index contributed by atoms with van der Waals surface area (Å²) in [5.74, 6) is -0.679. The maximum absolute atomic E-state index is 11.9. The summed E-state index contributed by atoms with van der Waals surface area (Å²) in [5, 5.41) is 2.52. The smallest absolute Gasteiger partial charge is 0.422 e. The number of ether oxygens (including phenoxy) is 3. The van der Waals surface area contributed by atoms with E-state index < -0.39 is 35.8 Å².